The van der Waals surface area contributed by atoms with Gasteiger partial charge in [-0.1, -0.05) is 20.8 Å². The molecular formula is C14H24N4O. The van der Waals surface area contributed by atoms with Crippen LogP contribution in [0.3, 0.4) is 0 Å². The summed E-state index contributed by atoms with van der Waals surface area (Å²) in [6.07, 6.45) is 3.55. The van der Waals surface area contributed by atoms with Gasteiger partial charge in [-0.15, -0.1) is 0 Å². The number of imidazole rings is 1. The summed E-state index contributed by atoms with van der Waals surface area (Å²) in [6.45, 7) is 12.4. The lowest BCUT2D eigenvalue weighted by molar-refractivity contribution is -0.126. The van der Waals surface area contributed by atoms with Gasteiger partial charge in [-0.05, 0) is 19.3 Å². The van der Waals surface area contributed by atoms with Gasteiger partial charge in [0.05, 0.1) is 23.8 Å². The Labute approximate surface area is 114 Å². The first kappa shape index (κ1) is 14.1. The summed E-state index contributed by atoms with van der Waals surface area (Å²) in [5.41, 5.74) is 6.55. The highest BCUT2D eigenvalue weighted by atomic mass is 16.1. The molecule has 0 bridgehead atoms. The van der Waals surface area contributed by atoms with E-state index in [1.165, 1.54) is 0 Å². The number of carbonyl (C=O) groups excluding carboxylic acids is 1. The van der Waals surface area contributed by atoms with E-state index in [1.807, 2.05) is 0 Å². The molecule has 1 aliphatic heterocycles. The van der Waals surface area contributed by atoms with Crippen molar-refractivity contribution >= 4 is 5.91 Å². The van der Waals surface area contributed by atoms with Gasteiger partial charge in [0.1, 0.15) is 6.04 Å². The maximum Gasteiger partial charge on any atom is 0.240 e. The average Bonchev–Trinajstić information content (AvgIpc) is 2.62. The largest absolute Gasteiger partial charge is 0.368 e. The highest BCUT2D eigenvalue weighted by Crippen LogP contribution is 2.35. The Morgan fingerprint density at radius 1 is 1.53 bits per heavy atom. The SMILES string of the molecule is CC(C)(C)CN1CC(C)(C)n2cncc2C1C(N)=O. The van der Waals surface area contributed by atoms with Crippen LogP contribution in [0.25, 0.3) is 0 Å². The number of primary amides is 1. The van der Waals surface area contributed by atoms with E-state index < -0.39 is 0 Å². The number of amides is 1. The normalized spacial score (nSPS) is 23.1. The summed E-state index contributed by atoms with van der Waals surface area (Å²) in [5.74, 6) is -0.304. The van der Waals surface area contributed by atoms with Gasteiger partial charge in [0, 0.05) is 13.1 Å². The number of carbonyl (C=O) groups is 1. The molecule has 2 N–H and O–H groups in total. The number of hydrogen-bond acceptors (Lipinski definition) is 3. The first-order valence-corrected chi connectivity index (χ1v) is 6.68. The van der Waals surface area contributed by atoms with E-state index in [0.29, 0.717) is 0 Å². The molecule has 5 heteroatoms. The first-order valence-electron chi connectivity index (χ1n) is 6.68. The Kier molecular flexibility index (Phi) is 3.21. The first-order chi connectivity index (χ1) is 8.62. The van der Waals surface area contributed by atoms with Crippen molar-refractivity contribution in [1.29, 1.82) is 0 Å². The van der Waals surface area contributed by atoms with E-state index in [2.05, 4.69) is 49.1 Å². The lowest BCUT2D eigenvalue weighted by Gasteiger charge is -2.45. The summed E-state index contributed by atoms with van der Waals surface area (Å²) in [6, 6.07) is -0.380. The van der Waals surface area contributed by atoms with Gasteiger partial charge in [0.15, 0.2) is 0 Å². The van der Waals surface area contributed by atoms with Crippen LogP contribution in [0, 0.1) is 5.41 Å². The zero-order valence-corrected chi connectivity index (χ0v) is 12.5. The molecule has 1 amide bonds. The van der Waals surface area contributed by atoms with Crippen molar-refractivity contribution in [2.24, 2.45) is 11.1 Å². The molecule has 1 aromatic rings. The number of hydrogen-bond donors (Lipinski definition) is 1. The van der Waals surface area contributed by atoms with Gasteiger partial charge in [-0.3, -0.25) is 9.69 Å². The van der Waals surface area contributed by atoms with Gasteiger partial charge in [-0.2, -0.15) is 0 Å². The number of aromatic nitrogens is 2. The minimum absolute atomic E-state index is 0.0803. The molecule has 19 heavy (non-hydrogen) atoms. The second-order valence-corrected chi connectivity index (χ2v) is 7.27. The quantitative estimate of drug-likeness (QED) is 0.880. The van der Waals surface area contributed by atoms with Crippen LogP contribution in [0.5, 0.6) is 0 Å². The Balaban J connectivity index is 2.43. The van der Waals surface area contributed by atoms with E-state index in [9.17, 15) is 4.79 Å². The number of fused-ring (bicyclic) bond motifs is 1. The fourth-order valence-electron chi connectivity index (χ4n) is 2.95. The molecular weight excluding hydrogens is 240 g/mol. The molecule has 0 spiro atoms. The van der Waals surface area contributed by atoms with Gasteiger partial charge >= 0.3 is 0 Å². The molecule has 5 nitrogen and oxygen atoms in total. The second kappa shape index (κ2) is 4.34. The predicted octanol–water partition coefficient (Wildman–Crippen LogP) is 1.51. The molecule has 1 unspecified atom stereocenters. The zero-order chi connectivity index (χ0) is 14.4. The minimum atomic E-state index is -0.380. The van der Waals surface area contributed by atoms with Crippen molar-refractivity contribution in [3.8, 4) is 0 Å². The van der Waals surface area contributed by atoms with Crippen LogP contribution in [0.15, 0.2) is 12.5 Å². The third-order valence-corrected chi connectivity index (χ3v) is 3.50. The fraction of sp³-hybridized carbons (Fsp3) is 0.714. The third-order valence-electron chi connectivity index (χ3n) is 3.50. The van der Waals surface area contributed by atoms with Crippen molar-refractivity contribution in [1.82, 2.24) is 14.5 Å². The smallest absolute Gasteiger partial charge is 0.240 e. The molecule has 1 aromatic heterocycles. The van der Waals surface area contributed by atoms with Crippen LogP contribution < -0.4 is 5.73 Å². The number of rotatable bonds is 2. The fourth-order valence-corrected chi connectivity index (χ4v) is 2.95. The Morgan fingerprint density at radius 3 is 2.68 bits per heavy atom. The maximum absolute atomic E-state index is 11.9. The lowest BCUT2D eigenvalue weighted by atomic mass is 9.90. The predicted molar refractivity (Wildman–Crippen MR) is 74.5 cm³/mol. The van der Waals surface area contributed by atoms with Gasteiger partial charge < -0.3 is 10.3 Å². The molecule has 1 aliphatic rings. The second-order valence-electron chi connectivity index (χ2n) is 7.27. The molecule has 106 valence electrons. The van der Waals surface area contributed by atoms with E-state index in [1.54, 1.807) is 12.5 Å². The third kappa shape index (κ3) is 2.66. The van der Waals surface area contributed by atoms with Crippen LogP contribution in [0.4, 0.5) is 0 Å². The maximum atomic E-state index is 11.9. The highest BCUT2D eigenvalue weighted by molar-refractivity contribution is 5.81. The van der Waals surface area contributed by atoms with E-state index in [-0.39, 0.29) is 22.9 Å². The van der Waals surface area contributed by atoms with Gasteiger partial charge in [-0.25, -0.2) is 4.98 Å². The molecule has 0 radical (unpaired) electrons. The Morgan fingerprint density at radius 2 is 2.16 bits per heavy atom. The zero-order valence-electron chi connectivity index (χ0n) is 12.5. The Bertz CT molecular complexity index is 484. The summed E-state index contributed by atoms with van der Waals surface area (Å²) in [4.78, 5) is 18.2. The molecule has 1 atom stereocenters. The van der Waals surface area contributed by atoms with Gasteiger partial charge in [0.2, 0.25) is 5.91 Å². The monoisotopic (exact) mass is 264 g/mol. The highest BCUT2D eigenvalue weighted by Gasteiger charge is 2.41. The van der Waals surface area contributed by atoms with Crippen LogP contribution in [-0.4, -0.2) is 33.4 Å². The molecule has 0 saturated heterocycles. The van der Waals surface area contributed by atoms with Crippen LogP contribution in [0.1, 0.15) is 46.4 Å². The molecule has 0 aromatic carbocycles. The van der Waals surface area contributed by atoms with Crippen LogP contribution >= 0.6 is 0 Å². The van der Waals surface area contributed by atoms with Crippen molar-refractivity contribution < 1.29 is 4.79 Å². The molecule has 2 rings (SSSR count). The van der Waals surface area contributed by atoms with E-state index in [4.69, 9.17) is 5.73 Å². The molecule has 0 aliphatic carbocycles. The number of nitrogens with two attached hydrogens (primary N) is 1. The van der Waals surface area contributed by atoms with Crippen molar-refractivity contribution in [2.75, 3.05) is 13.1 Å². The van der Waals surface area contributed by atoms with Crippen molar-refractivity contribution in [3.05, 3.63) is 18.2 Å². The van der Waals surface area contributed by atoms with Crippen LogP contribution in [-0.2, 0) is 10.3 Å². The number of nitrogens with zero attached hydrogens (tertiary/aromatic N) is 3. The molecule has 0 saturated carbocycles. The van der Waals surface area contributed by atoms with E-state index in [0.717, 1.165) is 18.8 Å². The average molecular weight is 264 g/mol. The minimum Gasteiger partial charge on any atom is -0.368 e. The van der Waals surface area contributed by atoms with Gasteiger partial charge in [0.25, 0.3) is 0 Å². The molecule has 0 fully saturated rings. The lowest BCUT2D eigenvalue weighted by Crippen LogP contribution is -2.54. The summed E-state index contributed by atoms with van der Waals surface area (Å²) in [7, 11) is 0. The summed E-state index contributed by atoms with van der Waals surface area (Å²) < 4.78 is 2.07. The van der Waals surface area contributed by atoms with Crippen molar-refractivity contribution in [2.45, 2.75) is 46.2 Å². The standard InChI is InChI=1S/C14H24N4O/c1-13(2,3)7-17-8-14(4,5)18-9-16-6-10(18)11(17)12(15)19/h6,9,11H,7-8H2,1-5H3,(H2,15,19). The summed E-state index contributed by atoms with van der Waals surface area (Å²) in [5, 5.41) is 0. The van der Waals surface area contributed by atoms with E-state index >= 15 is 0 Å². The topological polar surface area (TPSA) is 64.2 Å². The van der Waals surface area contributed by atoms with Crippen molar-refractivity contribution in [3.63, 3.8) is 0 Å². The van der Waals surface area contributed by atoms with Crippen LogP contribution in [0.2, 0.25) is 0 Å². The Hall–Kier alpha value is -1.36. The molecule has 2 heterocycles. The summed E-state index contributed by atoms with van der Waals surface area (Å²) >= 11 is 0.